The van der Waals surface area contributed by atoms with Crippen molar-refractivity contribution >= 4 is 0 Å². The number of hydrogen-bond donors (Lipinski definition) is 0. The first-order valence-corrected chi connectivity index (χ1v) is 3.76. The van der Waals surface area contributed by atoms with Crippen molar-refractivity contribution in [1.82, 2.24) is 0 Å². The zero-order valence-corrected chi connectivity index (χ0v) is 6.97. The van der Waals surface area contributed by atoms with Crippen LogP contribution in [0.25, 0.3) is 0 Å². The van der Waals surface area contributed by atoms with Crippen LogP contribution in [0.15, 0.2) is 12.1 Å². The molecule has 3 nitrogen and oxygen atoms in total. The highest BCUT2D eigenvalue weighted by molar-refractivity contribution is 5.21. The van der Waals surface area contributed by atoms with Crippen molar-refractivity contribution in [3.8, 4) is 0 Å². The van der Waals surface area contributed by atoms with Gasteiger partial charge in [0.15, 0.2) is 11.6 Å². The second kappa shape index (κ2) is 4.08. The first-order valence-electron chi connectivity index (χ1n) is 3.76. The second-order valence-electron chi connectivity index (χ2n) is 2.63. The molecule has 0 radical (unpaired) electrons. The van der Waals surface area contributed by atoms with E-state index in [2.05, 4.69) is 0 Å². The van der Waals surface area contributed by atoms with Gasteiger partial charge in [0.25, 0.3) is 0 Å². The lowest BCUT2D eigenvalue weighted by Crippen LogP contribution is -2.08. The molecule has 0 saturated heterocycles. The molecule has 0 heterocycles. The van der Waals surface area contributed by atoms with Crippen LogP contribution in [0.2, 0.25) is 0 Å². The van der Waals surface area contributed by atoms with Crippen molar-refractivity contribution in [3.05, 3.63) is 45.3 Å². The van der Waals surface area contributed by atoms with E-state index in [4.69, 9.17) is 0 Å². The fraction of sp³-hybridized carbons (Fsp3) is 0.250. The quantitative estimate of drug-likeness (QED) is 0.429. The maximum atomic E-state index is 12.9. The first-order chi connectivity index (χ1) is 6.52. The third-order valence-electron chi connectivity index (χ3n) is 1.68. The normalized spacial score (nSPS) is 10.2. The largest absolute Gasteiger partial charge is 0.265 e. The SMILES string of the molecule is O=[N+]([O-])CCc1c(F)ccc(F)c1F. The Hall–Kier alpha value is -1.59. The molecule has 14 heavy (non-hydrogen) atoms. The van der Waals surface area contributed by atoms with E-state index in [1.807, 2.05) is 0 Å². The van der Waals surface area contributed by atoms with Crippen LogP contribution in [-0.4, -0.2) is 11.5 Å². The van der Waals surface area contributed by atoms with Crippen LogP contribution in [0, 0.1) is 27.6 Å². The van der Waals surface area contributed by atoms with Crippen LogP contribution in [0.1, 0.15) is 5.56 Å². The number of nitrogens with zero attached hydrogens (tertiary/aromatic N) is 1. The Morgan fingerprint density at radius 3 is 2.36 bits per heavy atom. The molecule has 6 heteroatoms. The van der Waals surface area contributed by atoms with Gasteiger partial charge in [-0.25, -0.2) is 13.2 Å². The van der Waals surface area contributed by atoms with Gasteiger partial charge in [-0.3, -0.25) is 10.1 Å². The van der Waals surface area contributed by atoms with Gasteiger partial charge in [-0.05, 0) is 12.1 Å². The van der Waals surface area contributed by atoms with Gasteiger partial charge in [0.05, 0.1) is 0 Å². The summed E-state index contributed by atoms with van der Waals surface area (Å²) in [7, 11) is 0. The molecule has 0 fully saturated rings. The van der Waals surface area contributed by atoms with Gasteiger partial charge in [-0.15, -0.1) is 0 Å². The van der Waals surface area contributed by atoms with Crippen molar-refractivity contribution in [3.63, 3.8) is 0 Å². The van der Waals surface area contributed by atoms with Gasteiger partial charge < -0.3 is 0 Å². The number of halogens is 3. The molecule has 1 aromatic carbocycles. The van der Waals surface area contributed by atoms with E-state index in [0.717, 1.165) is 6.07 Å². The van der Waals surface area contributed by atoms with Gasteiger partial charge in [0.1, 0.15) is 5.82 Å². The molecule has 0 unspecified atom stereocenters. The van der Waals surface area contributed by atoms with Crippen molar-refractivity contribution < 1.29 is 18.1 Å². The summed E-state index contributed by atoms with van der Waals surface area (Å²) in [6.07, 6.45) is -0.456. The molecule has 0 aliphatic rings. The maximum absolute atomic E-state index is 12.9. The Balaban J connectivity index is 2.95. The van der Waals surface area contributed by atoms with Crippen molar-refractivity contribution in [2.45, 2.75) is 6.42 Å². The third-order valence-corrected chi connectivity index (χ3v) is 1.68. The molecule has 0 amide bonds. The predicted octanol–water partition coefficient (Wildman–Crippen LogP) is 1.92. The highest BCUT2D eigenvalue weighted by atomic mass is 19.2. The first kappa shape index (κ1) is 10.5. The van der Waals surface area contributed by atoms with Crippen LogP contribution in [0.4, 0.5) is 13.2 Å². The van der Waals surface area contributed by atoms with Gasteiger partial charge in [0, 0.05) is 16.9 Å². The minimum Gasteiger partial charge on any atom is -0.265 e. The van der Waals surface area contributed by atoms with Crippen LogP contribution in [-0.2, 0) is 6.42 Å². The minimum atomic E-state index is -1.35. The molecule has 1 rings (SSSR count). The molecule has 0 atom stereocenters. The Bertz CT molecular complexity index is 368. The van der Waals surface area contributed by atoms with E-state index in [1.165, 1.54) is 0 Å². The van der Waals surface area contributed by atoms with Crippen LogP contribution >= 0.6 is 0 Å². The van der Waals surface area contributed by atoms with Gasteiger partial charge in [-0.2, -0.15) is 0 Å². The summed E-state index contributed by atoms with van der Waals surface area (Å²) in [5.74, 6) is -3.53. The lowest BCUT2D eigenvalue weighted by atomic mass is 10.1. The number of rotatable bonds is 3. The summed E-state index contributed by atoms with van der Waals surface area (Å²) in [4.78, 5) is 9.23. The van der Waals surface area contributed by atoms with Gasteiger partial charge >= 0.3 is 0 Å². The molecule has 1 aromatic rings. The summed E-state index contributed by atoms with van der Waals surface area (Å²) in [5.41, 5.74) is -0.582. The van der Waals surface area contributed by atoms with Gasteiger partial charge in [0.2, 0.25) is 6.54 Å². The Kier molecular flexibility index (Phi) is 3.06. The van der Waals surface area contributed by atoms with E-state index < -0.39 is 40.9 Å². The molecule has 0 N–H and O–H groups in total. The average Bonchev–Trinajstić information content (AvgIpc) is 2.11. The smallest absolute Gasteiger partial charge is 0.208 e. The van der Waals surface area contributed by atoms with E-state index in [9.17, 15) is 23.3 Å². The Labute approximate surface area is 77.3 Å². The highest BCUT2D eigenvalue weighted by Crippen LogP contribution is 2.16. The van der Waals surface area contributed by atoms with E-state index in [1.54, 1.807) is 0 Å². The zero-order valence-electron chi connectivity index (χ0n) is 6.97. The number of nitro groups is 1. The van der Waals surface area contributed by atoms with Crippen LogP contribution < -0.4 is 0 Å². The fourth-order valence-electron chi connectivity index (χ4n) is 1.00. The summed E-state index contributed by atoms with van der Waals surface area (Å²) in [5, 5.41) is 9.95. The monoisotopic (exact) mass is 205 g/mol. The lowest BCUT2D eigenvalue weighted by Gasteiger charge is -2.02. The third kappa shape index (κ3) is 2.21. The van der Waals surface area contributed by atoms with Crippen LogP contribution in [0.5, 0.6) is 0 Å². The maximum Gasteiger partial charge on any atom is 0.208 e. The van der Waals surface area contributed by atoms with Crippen molar-refractivity contribution in [2.24, 2.45) is 0 Å². The average molecular weight is 205 g/mol. The molecular weight excluding hydrogens is 199 g/mol. The molecule has 0 saturated carbocycles. The molecule has 0 aliphatic heterocycles. The second-order valence-corrected chi connectivity index (χ2v) is 2.63. The summed E-state index contributed by atoms with van der Waals surface area (Å²) >= 11 is 0. The summed E-state index contributed by atoms with van der Waals surface area (Å²) in [6, 6.07) is 1.38. The fourth-order valence-corrected chi connectivity index (χ4v) is 1.00. The van der Waals surface area contributed by atoms with Crippen LogP contribution in [0.3, 0.4) is 0 Å². The molecule has 0 bridgehead atoms. The van der Waals surface area contributed by atoms with E-state index in [0.29, 0.717) is 6.07 Å². The van der Waals surface area contributed by atoms with E-state index in [-0.39, 0.29) is 0 Å². The van der Waals surface area contributed by atoms with Crippen molar-refractivity contribution in [2.75, 3.05) is 6.54 Å². The topological polar surface area (TPSA) is 43.1 Å². The lowest BCUT2D eigenvalue weighted by molar-refractivity contribution is -0.479. The Morgan fingerprint density at radius 1 is 1.21 bits per heavy atom. The van der Waals surface area contributed by atoms with Crippen molar-refractivity contribution in [1.29, 1.82) is 0 Å². The van der Waals surface area contributed by atoms with E-state index >= 15 is 0 Å². The van der Waals surface area contributed by atoms with Gasteiger partial charge in [-0.1, -0.05) is 0 Å². The summed E-state index contributed by atoms with van der Waals surface area (Å²) in [6.45, 7) is -0.628. The number of hydrogen-bond acceptors (Lipinski definition) is 2. The summed E-state index contributed by atoms with van der Waals surface area (Å²) < 4.78 is 38.3. The molecule has 0 aliphatic carbocycles. The Morgan fingerprint density at radius 2 is 1.79 bits per heavy atom. The highest BCUT2D eigenvalue weighted by Gasteiger charge is 2.15. The molecule has 0 spiro atoms. The molecule has 0 aromatic heterocycles. The standard InChI is InChI=1S/C8H6F3NO2/c9-6-1-2-7(10)8(11)5(6)3-4-12(13)14/h1-2H,3-4H2. The minimum absolute atomic E-state index is 0.456. The zero-order chi connectivity index (χ0) is 10.7. The molecule has 76 valence electrons. The molecular formula is C8H6F3NO2. The predicted molar refractivity (Wildman–Crippen MR) is 41.9 cm³/mol. The number of benzene rings is 1.